The Balaban J connectivity index is 0.00000200. The van der Waals surface area contributed by atoms with Gasteiger partial charge in [-0.1, -0.05) is 15.9 Å². The summed E-state index contributed by atoms with van der Waals surface area (Å²) in [5.74, 6) is -0.0147. The summed E-state index contributed by atoms with van der Waals surface area (Å²) >= 11 is 3.33. The van der Waals surface area contributed by atoms with Crippen molar-refractivity contribution in [3.63, 3.8) is 0 Å². The molecule has 1 aromatic carbocycles. The number of carbonyl (C=O) groups excluding carboxylic acids is 2. The highest BCUT2D eigenvalue weighted by molar-refractivity contribution is 9.10. The second-order valence-electron chi connectivity index (χ2n) is 4.45. The van der Waals surface area contributed by atoms with E-state index in [0.717, 1.165) is 23.2 Å². The number of halogens is 2. The molecule has 1 aliphatic heterocycles. The number of benzene rings is 1. The maximum atomic E-state index is 11.6. The van der Waals surface area contributed by atoms with Crippen molar-refractivity contribution < 1.29 is 9.59 Å². The van der Waals surface area contributed by atoms with Crippen LogP contribution in [0.1, 0.15) is 6.42 Å². The van der Waals surface area contributed by atoms with Crippen LogP contribution in [0.5, 0.6) is 0 Å². The lowest BCUT2D eigenvalue weighted by Crippen LogP contribution is -2.51. The number of rotatable bonds is 5. The Hall–Kier alpha value is -1.11. The van der Waals surface area contributed by atoms with Gasteiger partial charge < -0.3 is 16.0 Å². The normalized spacial score (nSPS) is 13.8. The molecule has 0 atom stereocenters. The van der Waals surface area contributed by atoms with Crippen LogP contribution in [-0.2, 0) is 9.59 Å². The summed E-state index contributed by atoms with van der Waals surface area (Å²) in [7, 11) is 0. The van der Waals surface area contributed by atoms with Crippen molar-refractivity contribution >= 4 is 45.8 Å². The third-order valence-electron chi connectivity index (χ3n) is 2.93. The molecule has 110 valence electrons. The minimum absolute atomic E-state index is 0. The minimum Gasteiger partial charge on any atom is -0.355 e. The van der Waals surface area contributed by atoms with Gasteiger partial charge in [0.05, 0.1) is 5.92 Å². The zero-order valence-corrected chi connectivity index (χ0v) is 13.2. The molecule has 2 rings (SSSR count). The van der Waals surface area contributed by atoms with E-state index in [-0.39, 0.29) is 36.6 Å². The zero-order valence-electron chi connectivity index (χ0n) is 10.8. The molecule has 0 radical (unpaired) electrons. The molecule has 1 fully saturated rings. The van der Waals surface area contributed by atoms with Crippen molar-refractivity contribution in [3.05, 3.63) is 28.7 Å². The fraction of sp³-hybridized carbons (Fsp3) is 0.385. The van der Waals surface area contributed by atoms with Crippen LogP contribution in [0.2, 0.25) is 0 Å². The van der Waals surface area contributed by atoms with Gasteiger partial charge >= 0.3 is 0 Å². The van der Waals surface area contributed by atoms with E-state index < -0.39 is 0 Å². The topological polar surface area (TPSA) is 70.2 Å². The molecule has 0 aromatic heterocycles. The quantitative estimate of drug-likeness (QED) is 0.744. The zero-order chi connectivity index (χ0) is 13.7. The van der Waals surface area contributed by atoms with Crippen LogP contribution < -0.4 is 16.0 Å². The Labute approximate surface area is 132 Å². The largest absolute Gasteiger partial charge is 0.355 e. The molecule has 7 heteroatoms. The van der Waals surface area contributed by atoms with Crippen LogP contribution >= 0.6 is 28.3 Å². The number of hydrogen-bond acceptors (Lipinski definition) is 3. The van der Waals surface area contributed by atoms with Crippen molar-refractivity contribution in [1.29, 1.82) is 0 Å². The van der Waals surface area contributed by atoms with Gasteiger partial charge in [0.25, 0.3) is 0 Å². The average molecular weight is 363 g/mol. The van der Waals surface area contributed by atoms with Crippen molar-refractivity contribution in [2.45, 2.75) is 6.42 Å². The number of carbonyl (C=O) groups is 2. The number of nitrogens with one attached hydrogen (secondary N) is 3. The van der Waals surface area contributed by atoms with E-state index in [9.17, 15) is 9.59 Å². The fourth-order valence-corrected chi connectivity index (χ4v) is 1.94. The summed E-state index contributed by atoms with van der Waals surface area (Å²) < 4.78 is 0.965. The van der Waals surface area contributed by atoms with Gasteiger partial charge in [0.2, 0.25) is 11.8 Å². The summed E-state index contributed by atoms with van der Waals surface area (Å²) in [4.78, 5) is 23.2. The van der Waals surface area contributed by atoms with Crippen LogP contribution in [0.3, 0.4) is 0 Å². The molecular weight excluding hydrogens is 346 g/mol. The molecule has 1 aliphatic rings. The first-order valence-corrected chi connectivity index (χ1v) is 6.98. The van der Waals surface area contributed by atoms with E-state index >= 15 is 0 Å². The predicted molar refractivity (Wildman–Crippen MR) is 84.0 cm³/mol. The van der Waals surface area contributed by atoms with Crippen molar-refractivity contribution in [3.8, 4) is 0 Å². The Morgan fingerprint density at radius 3 is 2.45 bits per heavy atom. The molecule has 5 nitrogen and oxygen atoms in total. The molecule has 1 heterocycles. The highest BCUT2D eigenvalue weighted by Crippen LogP contribution is 2.14. The lowest BCUT2D eigenvalue weighted by molar-refractivity contribution is -0.126. The monoisotopic (exact) mass is 361 g/mol. The first kappa shape index (κ1) is 16.9. The van der Waals surface area contributed by atoms with E-state index in [1.807, 2.05) is 24.3 Å². The number of anilines is 1. The van der Waals surface area contributed by atoms with E-state index in [0.29, 0.717) is 6.54 Å². The van der Waals surface area contributed by atoms with Gasteiger partial charge in [-0.05, 0) is 24.3 Å². The van der Waals surface area contributed by atoms with E-state index in [4.69, 9.17) is 0 Å². The Morgan fingerprint density at radius 2 is 1.90 bits per heavy atom. The van der Waals surface area contributed by atoms with Crippen molar-refractivity contribution in [2.24, 2.45) is 5.92 Å². The molecule has 0 saturated carbocycles. The van der Waals surface area contributed by atoms with Crippen LogP contribution in [0.15, 0.2) is 28.7 Å². The molecule has 0 bridgehead atoms. The summed E-state index contributed by atoms with van der Waals surface area (Å²) in [5, 5.41) is 8.57. The Bertz CT molecular complexity index is 463. The third-order valence-corrected chi connectivity index (χ3v) is 3.46. The lowest BCUT2D eigenvalue weighted by atomic mass is 10.0. The molecule has 1 aromatic rings. The molecule has 0 spiro atoms. The first-order chi connectivity index (χ1) is 9.15. The van der Waals surface area contributed by atoms with Gasteiger partial charge in [-0.3, -0.25) is 9.59 Å². The Kier molecular flexibility index (Phi) is 6.98. The number of amides is 2. The molecule has 2 amide bonds. The maximum absolute atomic E-state index is 11.6. The smallest absolute Gasteiger partial charge is 0.226 e. The molecule has 0 aliphatic carbocycles. The van der Waals surface area contributed by atoms with Crippen LogP contribution in [-0.4, -0.2) is 31.4 Å². The van der Waals surface area contributed by atoms with E-state index in [2.05, 4.69) is 31.9 Å². The molecule has 0 unspecified atom stereocenters. The van der Waals surface area contributed by atoms with Crippen LogP contribution in [0.25, 0.3) is 0 Å². The standard InChI is InChI=1S/C13H16BrN3O2.ClH/c14-10-1-3-11(4-2-10)17-12(18)5-6-16-13(19)9-7-15-8-9;/h1-4,9,15H,5-8H2,(H,16,19)(H,17,18);1H. The second-order valence-corrected chi connectivity index (χ2v) is 5.37. The SMILES string of the molecule is Cl.O=C(CCNC(=O)C1CNC1)Nc1ccc(Br)cc1. The Morgan fingerprint density at radius 1 is 1.25 bits per heavy atom. The second kappa shape index (κ2) is 8.24. The van der Waals surface area contributed by atoms with E-state index in [1.165, 1.54) is 0 Å². The van der Waals surface area contributed by atoms with Crippen LogP contribution in [0.4, 0.5) is 5.69 Å². The minimum atomic E-state index is -0.102. The highest BCUT2D eigenvalue weighted by atomic mass is 79.9. The van der Waals surface area contributed by atoms with Gasteiger partial charge in [0.1, 0.15) is 0 Å². The van der Waals surface area contributed by atoms with Gasteiger partial charge in [-0.15, -0.1) is 12.4 Å². The molecular formula is C13H17BrClN3O2. The summed E-state index contributed by atoms with van der Waals surface area (Å²) in [6.45, 7) is 1.84. The lowest BCUT2D eigenvalue weighted by Gasteiger charge is -2.25. The summed E-state index contributed by atoms with van der Waals surface area (Å²) in [6, 6.07) is 7.36. The fourth-order valence-electron chi connectivity index (χ4n) is 1.67. The predicted octanol–water partition coefficient (Wildman–Crippen LogP) is 1.54. The summed E-state index contributed by atoms with van der Waals surface area (Å²) in [6.07, 6.45) is 0.280. The molecule has 20 heavy (non-hydrogen) atoms. The highest BCUT2D eigenvalue weighted by Gasteiger charge is 2.24. The van der Waals surface area contributed by atoms with Gasteiger partial charge in [0, 0.05) is 36.2 Å². The van der Waals surface area contributed by atoms with E-state index in [1.54, 1.807) is 0 Å². The third kappa shape index (κ3) is 5.11. The first-order valence-electron chi connectivity index (χ1n) is 6.19. The van der Waals surface area contributed by atoms with Gasteiger partial charge in [0.15, 0.2) is 0 Å². The van der Waals surface area contributed by atoms with Crippen molar-refractivity contribution in [2.75, 3.05) is 25.0 Å². The molecule has 3 N–H and O–H groups in total. The van der Waals surface area contributed by atoms with Gasteiger partial charge in [-0.25, -0.2) is 0 Å². The molecule has 1 saturated heterocycles. The number of hydrogen-bond donors (Lipinski definition) is 3. The summed E-state index contributed by atoms with van der Waals surface area (Å²) in [5.41, 5.74) is 0.753. The van der Waals surface area contributed by atoms with Crippen molar-refractivity contribution in [1.82, 2.24) is 10.6 Å². The van der Waals surface area contributed by atoms with Crippen LogP contribution in [0, 0.1) is 5.92 Å². The van der Waals surface area contributed by atoms with Gasteiger partial charge in [-0.2, -0.15) is 0 Å². The average Bonchev–Trinajstić information content (AvgIpc) is 2.30. The maximum Gasteiger partial charge on any atom is 0.226 e.